The highest BCUT2D eigenvalue weighted by Crippen LogP contribution is 2.26. The summed E-state index contributed by atoms with van der Waals surface area (Å²) in [5.41, 5.74) is 2.41. The summed E-state index contributed by atoms with van der Waals surface area (Å²) in [5, 5.41) is 6.92. The number of benzene rings is 2. The lowest BCUT2D eigenvalue weighted by Gasteiger charge is -2.10. The van der Waals surface area contributed by atoms with Crippen LogP contribution in [0.2, 0.25) is 0 Å². The van der Waals surface area contributed by atoms with Crippen LogP contribution in [0, 0.1) is 12.7 Å². The van der Waals surface area contributed by atoms with Gasteiger partial charge in [0.15, 0.2) is 0 Å². The number of hydrogen-bond acceptors (Lipinski definition) is 4. The van der Waals surface area contributed by atoms with Gasteiger partial charge in [-0.25, -0.2) is 14.1 Å². The maximum absolute atomic E-state index is 14.1. The number of halogens is 3. The van der Waals surface area contributed by atoms with Gasteiger partial charge in [0, 0.05) is 23.5 Å². The third-order valence-corrected chi connectivity index (χ3v) is 4.66. The number of aryl methyl sites for hydroxylation is 1. The zero-order chi connectivity index (χ0) is 22.7. The summed E-state index contributed by atoms with van der Waals surface area (Å²) in [4.78, 5) is 16.7. The highest BCUT2D eigenvalue weighted by atomic mass is 19.3. The Hall–Kier alpha value is -4.14. The highest BCUT2D eigenvalue weighted by molar-refractivity contribution is 6.05. The van der Waals surface area contributed by atoms with Gasteiger partial charge in [-0.3, -0.25) is 4.79 Å². The fourth-order valence-corrected chi connectivity index (χ4v) is 3.17. The molecule has 32 heavy (non-hydrogen) atoms. The van der Waals surface area contributed by atoms with Gasteiger partial charge in [-0.05, 0) is 43.3 Å². The van der Waals surface area contributed by atoms with Gasteiger partial charge in [-0.2, -0.15) is 13.9 Å². The van der Waals surface area contributed by atoms with Crippen molar-refractivity contribution in [3.05, 3.63) is 90.1 Å². The molecule has 2 heterocycles. The van der Waals surface area contributed by atoms with Crippen LogP contribution in [0.4, 0.5) is 19.0 Å². The van der Waals surface area contributed by atoms with E-state index in [1.807, 2.05) is 0 Å². The van der Waals surface area contributed by atoms with Gasteiger partial charge >= 0.3 is 6.61 Å². The van der Waals surface area contributed by atoms with Crippen molar-refractivity contribution < 1.29 is 22.7 Å². The van der Waals surface area contributed by atoms with Crippen LogP contribution in [0.25, 0.3) is 16.8 Å². The molecule has 0 fully saturated rings. The average molecular weight is 438 g/mol. The van der Waals surface area contributed by atoms with Crippen molar-refractivity contribution >= 4 is 11.7 Å². The molecule has 6 nitrogen and oxygen atoms in total. The molecule has 2 aromatic carbocycles. The molecule has 9 heteroatoms. The lowest BCUT2D eigenvalue weighted by molar-refractivity contribution is -0.0501. The van der Waals surface area contributed by atoms with E-state index in [0.29, 0.717) is 16.9 Å². The Morgan fingerprint density at radius 1 is 1.06 bits per heavy atom. The van der Waals surface area contributed by atoms with Gasteiger partial charge in [-0.1, -0.05) is 24.3 Å². The minimum atomic E-state index is -3.05. The van der Waals surface area contributed by atoms with Crippen molar-refractivity contribution in [2.75, 3.05) is 5.32 Å². The Kier molecular flexibility index (Phi) is 5.89. The number of ether oxygens (including phenoxy) is 1. The van der Waals surface area contributed by atoms with Crippen LogP contribution < -0.4 is 10.1 Å². The molecule has 0 aliphatic rings. The first kappa shape index (κ1) is 21.1. The van der Waals surface area contributed by atoms with E-state index in [2.05, 4.69) is 20.1 Å². The Morgan fingerprint density at radius 3 is 2.53 bits per heavy atom. The van der Waals surface area contributed by atoms with Crippen molar-refractivity contribution in [1.29, 1.82) is 0 Å². The van der Waals surface area contributed by atoms with Crippen LogP contribution in [0.15, 0.2) is 73.1 Å². The minimum Gasteiger partial charge on any atom is -0.434 e. The quantitative estimate of drug-likeness (QED) is 0.447. The number of hydrogen-bond donors (Lipinski definition) is 1. The number of alkyl halides is 2. The number of aromatic nitrogens is 3. The van der Waals surface area contributed by atoms with Gasteiger partial charge < -0.3 is 10.1 Å². The molecule has 0 radical (unpaired) electrons. The van der Waals surface area contributed by atoms with E-state index in [0.717, 1.165) is 5.56 Å². The molecule has 0 bridgehead atoms. The van der Waals surface area contributed by atoms with Crippen LogP contribution in [-0.4, -0.2) is 27.3 Å². The molecule has 1 amide bonds. The Balaban J connectivity index is 1.54. The molecule has 0 atom stereocenters. The van der Waals surface area contributed by atoms with Crippen molar-refractivity contribution in [3.63, 3.8) is 0 Å². The van der Waals surface area contributed by atoms with E-state index in [4.69, 9.17) is 0 Å². The first-order valence-electron chi connectivity index (χ1n) is 9.55. The van der Waals surface area contributed by atoms with E-state index < -0.39 is 18.3 Å². The van der Waals surface area contributed by atoms with E-state index >= 15 is 0 Å². The molecule has 1 N–H and O–H groups in total. The molecule has 4 aromatic rings. The van der Waals surface area contributed by atoms with E-state index in [-0.39, 0.29) is 17.1 Å². The first-order chi connectivity index (χ1) is 15.4. The van der Waals surface area contributed by atoms with E-state index in [1.165, 1.54) is 35.1 Å². The van der Waals surface area contributed by atoms with Gasteiger partial charge in [0.25, 0.3) is 5.91 Å². The van der Waals surface area contributed by atoms with Crippen molar-refractivity contribution in [3.8, 4) is 22.6 Å². The number of nitrogens with one attached hydrogen (secondary N) is 1. The summed E-state index contributed by atoms with van der Waals surface area (Å²) < 4.78 is 45.0. The van der Waals surface area contributed by atoms with E-state index in [9.17, 15) is 18.0 Å². The zero-order valence-corrected chi connectivity index (χ0v) is 16.8. The summed E-state index contributed by atoms with van der Waals surface area (Å²) >= 11 is 0. The first-order valence-corrected chi connectivity index (χ1v) is 9.55. The normalized spacial score (nSPS) is 10.9. The number of carbonyl (C=O) groups is 1. The predicted octanol–water partition coefficient (Wildman–Crippen LogP) is 5.24. The smallest absolute Gasteiger partial charge is 0.387 e. The van der Waals surface area contributed by atoms with Crippen LogP contribution in [-0.2, 0) is 0 Å². The highest BCUT2D eigenvalue weighted by Gasteiger charge is 2.16. The zero-order valence-electron chi connectivity index (χ0n) is 16.8. The summed E-state index contributed by atoms with van der Waals surface area (Å²) in [6, 6.07) is 15.3. The van der Waals surface area contributed by atoms with Crippen LogP contribution >= 0.6 is 0 Å². The van der Waals surface area contributed by atoms with Crippen LogP contribution in [0.1, 0.15) is 16.1 Å². The lowest BCUT2D eigenvalue weighted by atomic mass is 10.1. The van der Waals surface area contributed by atoms with Crippen molar-refractivity contribution in [1.82, 2.24) is 14.8 Å². The Morgan fingerprint density at radius 2 is 1.81 bits per heavy atom. The average Bonchev–Trinajstić information content (AvgIpc) is 3.16. The largest absolute Gasteiger partial charge is 0.434 e. The lowest BCUT2D eigenvalue weighted by Crippen LogP contribution is -2.15. The number of nitrogens with zero attached hydrogens (tertiary/aromatic N) is 3. The summed E-state index contributed by atoms with van der Waals surface area (Å²) in [6.07, 6.45) is 3.23. The van der Waals surface area contributed by atoms with Crippen molar-refractivity contribution in [2.24, 2.45) is 0 Å². The third kappa shape index (κ3) is 4.46. The molecule has 0 unspecified atom stereocenters. The number of rotatable bonds is 6. The molecule has 0 spiro atoms. The topological polar surface area (TPSA) is 69.0 Å². The monoisotopic (exact) mass is 438 g/mol. The fraction of sp³-hybridized carbons (Fsp3) is 0.0870. The number of amides is 1. The SMILES string of the molecule is Cc1nn(-c2ccccc2F)cc1-c1ccc(NC(=O)c2ccccc2OC(F)F)nc1. The molecular weight excluding hydrogens is 421 g/mol. The summed E-state index contributed by atoms with van der Waals surface area (Å²) in [6.45, 7) is -1.25. The molecule has 0 saturated carbocycles. The number of anilines is 1. The van der Waals surface area contributed by atoms with Gasteiger partial charge in [0.1, 0.15) is 23.1 Å². The second kappa shape index (κ2) is 8.93. The summed E-state index contributed by atoms with van der Waals surface area (Å²) in [5.74, 6) is -1.03. The van der Waals surface area contributed by atoms with Crippen LogP contribution in [0.3, 0.4) is 0 Å². The maximum atomic E-state index is 14.1. The van der Waals surface area contributed by atoms with Crippen molar-refractivity contribution in [2.45, 2.75) is 13.5 Å². The molecular formula is C23H17F3N4O2. The fourth-order valence-electron chi connectivity index (χ4n) is 3.17. The molecule has 4 rings (SSSR count). The third-order valence-electron chi connectivity index (χ3n) is 4.66. The molecule has 0 aliphatic heterocycles. The number of carbonyl (C=O) groups excluding carboxylic acids is 1. The standard InChI is InChI=1S/C23H17F3N4O2/c1-14-17(13-30(29-14)19-8-4-3-7-18(19)24)15-10-11-21(27-12-15)28-22(31)16-6-2-5-9-20(16)32-23(25)26/h2-13,23H,1H3,(H,27,28,31). The second-order valence-electron chi connectivity index (χ2n) is 6.79. The predicted molar refractivity (Wildman–Crippen MR) is 113 cm³/mol. The summed E-state index contributed by atoms with van der Waals surface area (Å²) in [7, 11) is 0. The Bertz CT molecular complexity index is 1260. The molecule has 2 aromatic heterocycles. The Labute approximate surface area is 181 Å². The second-order valence-corrected chi connectivity index (χ2v) is 6.79. The molecule has 0 saturated heterocycles. The minimum absolute atomic E-state index is 0.0410. The van der Waals surface area contributed by atoms with E-state index in [1.54, 1.807) is 49.5 Å². The maximum Gasteiger partial charge on any atom is 0.387 e. The van der Waals surface area contributed by atoms with Gasteiger partial charge in [0.05, 0.1) is 11.3 Å². The van der Waals surface area contributed by atoms with Crippen LogP contribution in [0.5, 0.6) is 5.75 Å². The molecule has 162 valence electrons. The van der Waals surface area contributed by atoms with Gasteiger partial charge in [-0.15, -0.1) is 0 Å². The number of pyridine rings is 1. The van der Waals surface area contributed by atoms with Gasteiger partial charge in [0.2, 0.25) is 0 Å². The molecule has 0 aliphatic carbocycles. The number of para-hydroxylation sites is 2.